The van der Waals surface area contributed by atoms with Gasteiger partial charge < -0.3 is 18.8 Å². The lowest BCUT2D eigenvalue weighted by molar-refractivity contribution is 0.392. The second-order valence-electron chi connectivity index (χ2n) is 39.8. The van der Waals surface area contributed by atoms with Crippen LogP contribution in [0.15, 0.2) is 79.6 Å². The van der Waals surface area contributed by atoms with Crippen molar-refractivity contribution < 1.29 is 8.83 Å². The number of aromatic amines is 2. The molecule has 1 aliphatic carbocycles. The second kappa shape index (κ2) is 30.0. The molecule has 0 spiro atoms. The van der Waals surface area contributed by atoms with Crippen LogP contribution in [0.1, 0.15) is 354 Å². The van der Waals surface area contributed by atoms with E-state index in [2.05, 4.69) is 354 Å². The molecule has 91 heavy (non-hydrogen) atoms. The third-order valence-corrected chi connectivity index (χ3v) is 15.9. The fourth-order valence-electron chi connectivity index (χ4n) is 10.4. The molecule has 0 fully saturated rings. The van der Waals surface area contributed by atoms with Gasteiger partial charge in [-0.3, -0.25) is 4.99 Å². The molecule has 0 amide bonds. The summed E-state index contributed by atoms with van der Waals surface area (Å²) in [7, 11) is 0. The number of aliphatic imine (C=N–C) groups is 1. The van der Waals surface area contributed by atoms with E-state index in [1.165, 1.54) is 45.5 Å². The maximum atomic E-state index is 5.44. The van der Waals surface area contributed by atoms with Gasteiger partial charge in [-0.2, -0.15) is 8.75 Å². The SMILES string of the molecule is CC(C)(C)C1=C(C(C)(C)C)CC=C1.CC(C)(C)C1=C(C(C)(C)C)CN=C1.CC(C)(C)c1cc[nH]c1C(C)(C)C.CC(C)(C)c1nc[nH]c1C(C)(C)C.CC(C)(C)c1ncoc1C(C)(C)C.CC(C)(C)c1ncoc1C(C)(C)C.CC(C)(C)c1nsnc1C(C)(C)C. The van der Waals surface area contributed by atoms with Crippen LogP contribution in [-0.2, 0) is 54.1 Å². The van der Waals surface area contributed by atoms with Crippen molar-refractivity contribution >= 4 is 17.9 Å². The fraction of sp³-hybridized carbons (Fsp3) is 0.725. The Hall–Kier alpha value is -4.64. The highest BCUT2D eigenvalue weighted by Gasteiger charge is 2.34. The Morgan fingerprint density at radius 1 is 0.352 bits per heavy atom. The minimum absolute atomic E-state index is 0.0408. The van der Waals surface area contributed by atoms with Crippen LogP contribution in [-0.4, -0.2) is 46.4 Å². The molecule has 2 N–H and O–H groups in total. The van der Waals surface area contributed by atoms with Gasteiger partial charge in [0, 0.05) is 72.5 Å². The van der Waals surface area contributed by atoms with Crippen LogP contribution < -0.4 is 0 Å². The van der Waals surface area contributed by atoms with Gasteiger partial charge >= 0.3 is 0 Å². The van der Waals surface area contributed by atoms with E-state index in [4.69, 9.17) is 8.83 Å². The van der Waals surface area contributed by atoms with Crippen LogP contribution in [0.3, 0.4) is 0 Å². The smallest absolute Gasteiger partial charge is 0.181 e. The molecule has 0 radical (unpaired) electrons. The molecule has 5 aromatic rings. The number of hydrogen-bond acceptors (Lipinski definition) is 9. The molecule has 11 heteroatoms. The summed E-state index contributed by atoms with van der Waals surface area (Å²) < 4.78 is 19.7. The molecule has 7 rings (SSSR count). The molecule has 0 aromatic carbocycles. The molecule has 0 unspecified atom stereocenters. The third kappa shape index (κ3) is 26.6. The number of imidazole rings is 1. The van der Waals surface area contributed by atoms with Crippen LogP contribution in [0.25, 0.3) is 0 Å². The average molecular weight is 1280 g/mol. The van der Waals surface area contributed by atoms with Crippen molar-refractivity contribution in [3.05, 3.63) is 123 Å². The van der Waals surface area contributed by atoms with Crippen LogP contribution in [0.2, 0.25) is 0 Å². The number of H-pyrrole nitrogens is 2. The minimum Gasteiger partial charge on any atom is -0.448 e. The first-order chi connectivity index (χ1) is 40.1. The van der Waals surface area contributed by atoms with Crippen molar-refractivity contribution in [1.82, 2.24) is 33.7 Å². The average Bonchev–Trinajstić information content (AvgIpc) is 1.83. The lowest BCUT2D eigenvalue weighted by atomic mass is 9.76. The van der Waals surface area contributed by atoms with Crippen molar-refractivity contribution in [3.8, 4) is 0 Å². The Morgan fingerprint density at radius 2 is 0.725 bits per heavy atom. The van der Waals surface area contributed by atoms with Gasteiger partial charge in [0.2, 0.25) is 0 Å². The predicted molar refractivity (Wildman–Crippen MR) is 398 cm³/mol. The Kier molecular flexibility index (Phi) is 27.8. The van der Waals surface area contributed by atoms with E-state index in [0.29, 0.717) is 10.8 Å². The van der Waals surface area contributed by atoms with Gasteiger partial charge in [-0.25, -0.2) is 15.0 Å². The van der Waals surface area contributed by atoms with Gasteiger partial charge in [0.1, 0.15) is 11.5 Å². The van der Waals surface area contributed by atoms with Gasteiger partial charge in [0.05, 0.1) is 53.1 Å². The highest BCUT2D eigenvalue weighted by molar-refractivity contribution is 6.99. The largest absolute Gasteiger partial charge is 0.448 e. The Balaban J connectivity index is 0.000000531. The van der Waals surface area contributed by atoms with Crippen LogP contribution in [0.5, 0.6) is 0 Å². The standard InChI is InChI=1S/C13H22.2C12H21N.C11H20N2.2C11H19NO.C10H18N2S/c1-12(2,3)10-8-7-9-11(10)13(4,5)6;1-11(2,3)9-7-13-8-10(9)12(4,5)6;1-11(2,3)9-7-8-13-10(9)12(4,5)6;3*1-10(2,3)8-9(11(4,5)6)13-7-12-8;1-9(2,3)7-8(10(4,5)6)12-13-11-7/h7-8H,9H2,1-6H3;7H,8H2,1-6H3;7-8,13H,1-6H3;7H,1-6H3,(H,12,13);2*7H,1-6H3;1-6H3. The van der Waals surface area contributed by atoms with E-state index in [9.17, 15) is 0 Å². The van der Waals surface area contributed by atoms with Crippen LogP contribution in [0.4, 0.5) is 0 Å². The van der Waals surface area contributed by atoms with Gasteiger partial charge in [-0.05, 0) is 61.8 Å². The number of rotatable bonds is 0. The number of nitrogens with one attached hydrogen (secondary N) is 2. The van der Waals surface area contributed by atoms with Gasteiger partial charge in [-0.1, -0.05) is 309 Å². The first kappa shape index (κ1) is 84.4. The summed E-state index contributed by atoms with van der Waals surface area (Å²) in [6.45, 7) is 93.8. The summed E-state index contributed by atoms with van der Waals surface area (Å²) in [4.78, 5) is 23.9. The monoisotopic (exact) mass is 1280 g/mol. The van der Waals surface area contributed by atoms with E-state index in [1.54, 1.807) is 30.3 Å². The fourth-order valence-corrected chi connectivity index (χ4v) is 11.4. The molecule has 0 saturated heterocycles. The Morgan fingerprint density at radius 3 is 0.978 bits per heavy atom. The number of hydrogen-bond donors (Lipinski definition) is 2. The Bertz CT molecular complexity index is 2580. The summed E-state index contributed by atoms with van der Waals surface area (Å²) in [5.74, 6) is 2.00. The molecule has 0 saturated carbocycles. The summed E-state index contributed by atoms with van der Waals surface area (Å²) in [6, 6.07) is 2.20. The lowest BCUT2D eigenvalue weighted by Crippen LogP contribution is -2.21. The molecule has 1 aliphatic heterocycles. The third-order valence-electron chi connectivity index (χ3n) is 15.4. The molecular formula is C80H140N8O2S. The molecule has 6 heterocycles. The van der Waals surface area contributed by atoms with Crippen molar-refractivity contribution in [2.75, 3.05) is 6.54 Å². The van der Waals surface area contributed by atoms with Gasteiger partial charge in [0.25, 0.3) is 0 Å². The van der Waals surface area contributed by atoms with E-state index in [-0.39, 0.29) is 65.0 Å². The van der Waals surface area contributed by atoms with Crippen LogP contribution in [0, 0.1) is 21.7 Å². The van der Waals surface area contributed by atoms with E-state index in [0.717, 1.165) is 47.3 Å². The van der Waals surface area contributed by atoms with E-state index in [1.807, 2.05) is 6.20 Å². The summed E-state index contributed by atoms with van der Waals surface area (Å²) in [5.41, 5.74) is 18.0. The first-order valence-electron chi connectivity index (χ1n) is 33.7. The molecule has 5 aromatic heterocycles. The maximum absolute atomic E-state index is 5.44. The predicted octanol–water partition coefficient (Wildman–Crippen LogP) is 24.1. The number of aromatic nitrogens is 7. The lowest BCUT2D eigenvalue weighted by Gasteiger charge is -2.29. The molecule has 0 bridgehead atoms. The number of nitrogens with zero attached hydrogens (tertiary/aromatic N) is 6. The van der Waals surface area contributed by atoms with E-state index >= 15 is 0 Å². The van der Waals surface area contributed by atoms with Crippen molar-refractivity contribution in [3.63, 3.8) is 0 Å². The first-order valence-corrected chi connectivity index (χ1v) is 34.4. The highest BCUT2D eigenvalue weighted by atomic mass is 32.1. The zero-order chi connectivity index (χ0) is 71.9. The number of oxazole rings is 2. The molecule has 2 aliphatic rings. The highest BCUT2D eigenvalue weighted by Crippen LogP contribution is 2.43. The van der Waals surface area contributed by atoms with E-state index < -0.39 is 0 Å². The second-order valence-corrected chi connectivity index (χ2v) is 40.3. The Labute approximate surface area is 564 Å². The number of allylic oxidation sites excluding steroid dienone is 5. The van der Waals surface area contributed by atoms with Crippen molar-refractivity contribution in [2.45, 2.75) is 351 Å². The molecular weight excluding hydrogens is 1140 g/mol. The zero-order valence-corrected chi connectivity index (χ0v) is 67.8. The molecule has 0 atom stereocenters. The van der Waals surface area contributed by atoms with Crippen molar-refractivity contribution in [2.24, 2.45) is 26.7 Å². The van der Waals surface area contributed by atoms with Crippen LogP contribution >= 0.6 is 11.7 Å². The molecule has 10 nitrogen and oxygen atoms in total. The summed E-state index contributed by atoms with van der Waals surface area (Å²) in [6.07, 6.45) is 14.7. The zero-order valence-electron chi connectivity index (χ0n) is 66.9. The minimum atomic E-state index is 0.0408. The summed E-state index contributed by atoms with van der Waals surface area (Å²) >= 11 is 1.32. The normalized spacial score (nSPS) is 14.9. The quantitative estimate of drug-likeness (QED) is 0.158. The molecule has 518 valence electrons. The van der Waals surface area contributed by atoms with Gasteiger partial charge in [-0.15, -0.1) is 0 Å². The summed E-state index contributed by atoms with van der Waals surface area (Å²) in [5, 5.41) is 0. The maximum Gasteiger partial charge on any atom is 0.181 e. The topological polar surface area (TPSA) is 135 Å². The van der Waals surface area contributed by atoms with Crippen molar-refractivity contribution in [1.29, 1.82) is 0 Å². The van der Waals surface area contributed by atoms with Gasteiger partial charge in [0.15, 0.2) is 12.8 Å².